The summed E-state index contributed by atoms with van der Waals surface area (Å²) in [7, 11) is 0. The number of nitrogens with zero attached hydrogens (tertiary/aromatic N) is 1. The van der Waals surface area contributed by atoms with E-state index in [0.29, 0.717) is 23.5 Å². The molecule has 1 heterocycles. The monoisotopic (exact) mass is 274 g/mol. The van der Waals surface area contributed by atoms with Gasteiger partial charge in [0.2, 0.25) is 0 Å². The molecule has 1 amide bonds. The molecule has 1 atom stereocenters. The molecule has 4 nitrogen and oxygen atoms in total. The Morgan fingerprint density at radius 1 is 1.40 bits per heavy atom. The lowest BCUT2D eigenvalue weighted by atomic mass is 10.0. The summed E-state index contributed by atoms with van der Waals surface area (Å²) in [5, 5.41) is 11.6. The fraction of sp³-hybridized carbons (Fsp3) is 0.500. The second kappa shape index (κ2) is 8.34. The number of rotatable bonds is 5. The molecule has 1 aromatic heterocycles. The first-order valence-corrected chi connectivity index (χ1v) is 6.88. The molecule has 0 aromatic carbocycles. The number of hydrogen-bond donors (Lipinski definition) is 2. The molecule has 4 heteroatoms. The molecule has 0 spiro atoms. The molecule has 108 valence electrons. The number of aliphatic hydroxyl groups excluding tert-OH is 1. The highest BCUT2D eigenvalue weighted by Gasteiger charge is 2.11. The summed E-state index contributed by atoms with van der Waals surface area (Å²) in [6, 6.07) is 1.85. The normalized spacial score (nSPS) is 11.7. The van der Waals surface area contributed by atoms with Crippen molar-refractivity contribution in [3.63, 3.8) is 0 Å². The average molecular weight is 274 g/mol. The average Bonchev–Trinajstić information content (AvgIpc) is 2.38. The lowest BCUT2D eigenvalue weighted by molar-refractivity contribution is 0.0935. The van der Waals surface area contributed by atoms with Crippen LogP contribution in [0.25, 0.3) is 0 Å². The Kier molecular flexibility index (Phi) is 6.75. The maximum atomic E-state index is 12.1. The fourth-order valence-corrected chi connectivity index (χ4v) is 1.93. The molecule has 0 saturated carbocycles. The summed E-state index contributed by atoms with van der Waals surface area (Å²) in [5.41, 5.74) is 1.19. The molecule has 0 aliphatic heterocycles. The lowest BCUT2D eigenvalue weighted by Gasteiger charge is -2.15. The number of carbonyl (C=O) groups is 1. The van der Waals surface area contributed by atoms with Gasteiger partial charge >= 0.3 is 0 Å². The van der Waals surface area contributed by atoms with E-state index in [9.17, 15) is 4.79 Å². The predicted molar refractivity (Wildman–Crippen MR) is 79.2 cm³/mol. The molecule has 1 rings (SSSR count). The van der Waals surface area contributed by atoms with Gasteiger partial charge in [0, 0.05) is 30.4 Å². The van der Waals surface area contributed by atoms with Crippen molar-refractivity contribution in [3.05, 3.63) is 29.6 Å². The van der Waals surface area contributed by atoms with Crippen molar-refractivity contribution < 1.29 is 9.90 Å². The van der Waals surface area contributed by atoms with Gasteiger partial charge in [0.05, 0.1) is 12.2 Å². The number of pyridine rings is 1. The molecule has 0 radical (unpaired) electrons. The Labute approximate surface area is 120 Å². The van der Waals surface area contributed by atoms with Crippen LogP contribution in [-0.2, 0) is 0 Å². The molecule has 20 heavy (non-hydrogen) atoms. The highest BCUT2D eigenvalue weighted by Crippen LogP contribution is 2.06. The third kappa shape index (κ3) is 5.85. The van der Waals surface area contributed by atoms with Crippen LogP contribution >= 0.6 is 0 Å². The molecule has 1 aromatic rings. The van der Waals surface area contributed by atoms with E-state index in [0.717, 1.165) is 6.42 Å². The van der Waals surface area contributed by atoms with Crippen molar-refractivity contribution in [1.82, 2.24) is 10.3 Å². The van der Waals surface area contributed by atoms with E-state index >= 15 is 0 Å². The second-order valence-electron chi connectivity index (χ2n) is 5.24. The van der Waals surface area contributed by atoms with E-state index < -0.39 is 0 Å². The third-order valence-corrected chi connectivity index (χ3v) is 2.67. The van der Waals surface area contributed by atoms with Crippen LogP contribution in [-0.4, -0.2) is 28.6 Å². The van der Waals surface area contributed by atoms with Gasteiger partial charge in [-0.1, -0.05) is 25.7 Å². The van der Waals surface area contributed by atoms with Gasteiger partial charge < -0.3 is 10.4 Å². The molecule has 0 fully saturated rings. The van der Waals surface area contributed by atoms with Crippen LogP contribution in [0.4, 0.5) is 0 Å². The van der Waals surface area contributed by atoms with Crippen molar-refractivity contribution >= 4 is 5.91 Å². The molecule has 0 bridgehead atoms. The Morgan fingerprint density at radius 3 is 2.80 bits per heavy atom. The lowest BCUT2D eigenvalue weighted by Crippen LogP contribution is -2.33. The van der Waals surface area contributed by atoms with Gasteiger partial charge in [-0.25, -0.2) is 0 Å². The Hall–Kier alpha value is -1.86. The quantitative estimate of drug-likeness (QED) is 0.807. The largest absolute Gasteiger partial charge is 0.395 e. The first-order valence-electron chi connectivity index (χ1n) is 6.88. The number of carbonyl (C=O) groups excluding carboxylic acids is 1. The first-order chi connectivity index (χ1) is 9.52. The van der Waals surface area contributed by atoms with Crippen molar-refractivity contribution in [3.8, 4) is 11.8 Å². The minimum atomic E-state index is -0.128. The first kappa shape index (κ1) is 16.2. The van der Waals surface area contributed by atoms with E-state index in [-0.39, 0.29) is 18.6 Å². The zero-order valence-electron chi connectivity index (χ0n) is 12.3. The van der Waals surface area contributed by atoms with Crippen molar-refractivity contribution in [2.24, 2.45) is 5.92 Å². The smallest absolute Gasteiger partial charge is 0.253 e. The van der Waals surface area contributed by atoms with Gasteiger partial charge in [0.25, 0.3) is 5.91 Å². The van der Waals surface area contributed by atoms with Gasteiger partial charge in [-0.3, -0.25) is 9.78 Å². The van der Waals surface area contributed by atoms with E-state index in [2.05, 4.69) is 36.0 Å². The van der Waals surface area contributed by atoms with Crippen LogP contribution in [0.15, 0.2) is 18.5 Å². The van der Waals surface area contributed by atoms with Crippen molar-refractivity contribution in [2.75, 3.05) is 6.61 Å². The Morgan fingerprint density at radius 2 is 2.15 bits per heavy atom. The summed E-state index contributed by atoms with van der Waals surface area (Å²) >= 11 is 0. The van der Waals surface area contributed by atoms with Crippen LogP contribution in [0, 0.1) is 17.8 Å². The minimum Gasteiger partial charge on any atom is -0.395 e. The summed E-state index contributed by atoms with van der Waals surface area (Å²) in [6.07, 6.45) is 4.50. The minimum absolute atomic E-state index is 0.0350. The van der Waals surface area contributed by atoms with E-state index in [1.54, 1.807) is 12.3 Å². The highest BCUT2D eigenvalue weighted by molar-refractivity contribution is 5.94. The maximum absolute atomic E-state index is 12.1. The number of hydrogen-bond acceptors (Lipinski definition) is 3. The molecule has 0 saturated heterocycles. The molecule has 0 aliphatic rings. The summed E-state index contributed by atoms with van der Waals surface area (Å²) in [5.74, 6) is 6.10. The van der Waals surface area contributed by atoms with Crippen molar-refractivity contribution in [1.29, 1.82) is 0 Å². The van der Waals surface area contributed by atoms with Crippen LogP contribution in [0.5, 0.6) is 0 Å². The molecule has 1 unspecified atom stereocenters. The molecule has 0 aliphatic carbocycles. The van der Waals surface area contributed by atoms with Gasteiger partial charge in [0.15, 0.2) is 0 Å². The Bertz CT molecular complexity index is 501. The predicted octanol–water partition coefficient (Wildman–Crippen LogP) is 1.98. The van der Waals surface area contributed by atoms with Crippen molar-refractivity contribution in [2.45, 2.75) is 39.7 Å². The zero-order chi connectivity index (χ0) is 15.0. The third-order valence-electron chi connectivity index (χ3n) is 2.67. The van der Waals surface area contributed by atoms with E-state index in [4.69, 9.17) is 5.11 Å². The van der Waals surface area contributed by atoms with Crippen LogP contribution in [0.2, 0.25) is 0 Å². The van der Waals surface area contributed by atoms with Gasteiger partial charge in [-0.2, -0.15) is 0 Å². The summed E-state index contributed by atoms with van der Waals surface area (Å²) < 4.78 is 0. The molecular weight excluding hydrogens is 252 g/mol. The SMILES string of the molecule is CC(C)CC(C)NC(=O)c1cncc(C#CCCO)c1. The van der Waals surface area contributed by atoms with E-state index in [1.165, 1.54) is 6.20 Å². The fourth-order valence-electron chi connectivity index (χ4n) is 1.93. The van der Waals surface area contributed by atoms with E-state index in [1.807, 2.05) is 6.92 Å². The molecule has 2 N–H and O–H groups in total. The van der Waals surface area contributed by atoms with Gasteiger partial charge in [0.1, 0.15) is 0 Å². The highest BCUT2D eigenvalue weighted by atomic mass is 16.2. The van der Waals surface area contributed by atoms with Crippen LogP contribution in [0.1, 0.15) is 49.5 Å². The zero-order valence-corrected chi connectivity index (χ0v) is 12.3. The van der Waals surface area contributed by atoms with Crippen LogP contribution < -0.4 is 5.32 Å². The summed E-state index contributed by atoms with van der Waals surface area (Å²) in [6.45, 7) is 6.28. The number of aromatic nitrogens is 1. The number of nitrogens with one attached hydrogen (secondary N) is 1. The van der Waals surface area contributed by atoms with Crippen LogP contribution in [0.3, 0.4) is 0 Å². The topological polar surface area (TPSA) is 62.2 Å². The number of aliphatic hydroxyl groups is 1. The molecular formula is C16H22N2O2. The Balaban J connectivity index is 2.69. The summed E-state index contributed by atoms with van der Waals surface area (Å²) in [4.78, 5) is 16.1. The standard InChI is InChI=1S/C16H22N2O2/c1-12(2)8-13(3)18-16(20)15-9-14(10-17-11-15)6-4-5-7-19/h9-13,19H,5,7-8H2,1-3H3,(H,18,20). The van der Waals surface area contributed by atoms with Gasteiger partial charge in [-0.15, -0.1) is 0 Å². The maximum Gasteiger partial charge on any atom is 0.253 e. The number of amides is 1. The second-order valence-corrected chi connectivity index (χ2v) is 5.24. The van der Waals surface area contributed by atoms with Gasteiger partial charge in [-0.05, 0) is 25.3 Å².